The highest BCUT2D eigenvalue weighted by Gasteiger charge is 2.14. The highest BCUT2D eigenvalue weighted by molar-refractivity contribution is 4.64. The number of methoxy groups -OCH3 is 2. The lowest BCUT2D eigenvalue weighted by molar-refractivity contribution is -0.119. The summed E-state index contributed by atoms with van der Waals surface area (Å²) in [5.41, 5.74) is 0. The van der Waals surface area contributed by atoms with Crippen LogP contribution in [0.1, 0.15) is 20.3 Å². The molecule has 0 fully saturated rings. The van der Waals surface area contributed by atoms with Gasteiger partial charge in [-0.1, -0.05) is 0 Å². The molecule has 4 nitrogen and oxygen atoms in total. The summed E-state index contributed by atoms with van der Waals surface area (Å²) in [7, 11) is 3.28. The maximum absolute atomic E-state index is 8.76. The molecule has 0 saturated heterocycles. The second-order valence-electron chi connectivity index (χ2n) is 3.57. The Labute approximate surface area is 86.8 Å². The third kappa shape index (κ3) is 5.54. The second-order valence-corrected chi connectivity index (χ2v) is 3.57. The van der Waals surface area contributed by atoms with E-state index in [0.29, 0.717) is 6.04 Å². The summed E-state index contributed by atoms with van der Waals surface area (Å²) in [5.74, 6) is 0. The van der Waals surface area contributed by atoms with Gasteiger partial charge in [0, 0.05) is 40.0 Å². The zero-order valence-electron chi connectivity index (χ0n) is 9.69. The van der Waals surface area contributed by atoms with Gasteiger partial charge in [-0.25, -0.2) is 0 Å². The van der Waals surface area contributed by atoms with E-state index in [0.717, 1.165) is 19.5 Å². The molecule has 14 heavy (non-hydrogen) atoms. The Bertz CT molecular complexity index is 127. The fourth-order valence-electron chi connectivity index (χ4n) is 1.27. The van der Waals surface area contributed by atoms with Crippen LogP contribution in [0.3, 0.4) is 0 Å². The molecule has 0 aromatic heterocycles. The largest absolute Gasteiger partial charge is 0.396 e. The monoisotopic (exact) mass is 205 g/mol. The first-order valence-corrected chi connectivity index (χ1v) is 5.06. The van der Waals surface area contributed by atoms with Gasteiger partial charge in [-0.05, 0) is 20.3 Å². The molecule has 0 amide bonds. The molecule has 86 valence electrons. The average molecular weight is 205 g/mol. The maximum Gasteiger partial charge on any atom is 0.169 e. The van der Waals surface area contributed by atoms with Crippen LogP contribution in [0.2, 0.25) is 0 Å². The summed E-state index contributed by atoms with van der Waals surface area (Å²) < 4.78 is 10.3. The molecule has 0 saturated carbocycles. The summed E-state index contributed by atoms with van der Waals surface area (Å²) in [6, 6.07) is 0.439. The molecule has 0 heterocycles. The molecule has 0 rings (SSSR count). The van der Waals surface area contributed by atoms with Crippen molar-refractivity contribution < 1.29 is 14.6 Å². The van der Waals surface area contributed by atoms with Crippen LogP contribution in [0, 0.1) is 0 Å². The van der Waals surface area contributed by atoms with Crippen LogP contribution in [0.15, 0.2) is 0 Å². The molecule has 0 spiro atoms. The van der Waals surface area contributed by atoms with Gasteiger partial charge in [0.2, 0.25) is 0 Å². The predicted octanol–water partition coefficient (Wildman–Crippen LogP) is 0.698. The van der Waals surface area contributed by atoms with Gasteiger partial charge < -0.3 is 14.6 Å². The van der Waals surface area contributed by atoms with Crippen LogP contribution in [0.4, 0.5) is 0 Å². The topological polar surface area (TPSA) is 41.9 Å². The number of hydrogen-bond acceptors (Lipinski definition) is 4. The van der Waals surface area contributed by atoms with E-state index in [1.807, 2.05) is 0 Å². The quantitative estimate of drug-likeness (QED) is 0.592. The van der Waals surface area contributed by atoms with Crippen LogP contribution in [-0.4, -0.2) is 56.3 Å². The van der Waals surface area contributed by atoms with Gasteiger partial charge >= 0.3 is 0 Å². The number of aliphatic hydroxyl groups excluding tert-OH is 1. The maximum atomic E-state index is 8.76. The van der Waals surface area contributed by atoms with Crippen molar-refractivity contribution in [3.63, 3.8) is 0 Å². The third-order valence-electron chi connectivity index (χ3n) is 2.24. The Balaban J connectivity index is 3.93. The third-order valence-corrected chi connectivity index (χ3v) is 2.24. The zero-order valence-corrected chi connectivity index (χ0v) is 9.69. The molecule has 0 aliphatic rings. The van der Waals surface area contributed by atoms with Crippen molar-refractivity contribution in [1.29, 1.82) is 0 Å². The summed E-state index contributed by atoms with van der Waals surface area (Å²) in [6.45, 7) is 6.09. The van der Waals surface area contributed by atoms with Gasteiger partial charge in [-0.15, -0.1) is 0 Å². The van der Waals surface area contributed by atoms with E-state index in [2.05, 4.69) is 18.7 Å². The van der Waals surface area contributed by atoms with Gasteiger partial charge in [0.1, 0.15) is 0 Å². The summed E-state index contributed by atoms with van der Waals surface area (Å²) >= 11 is 0. The van der Waals surface area contributed by atoms with Crippen LogP contribution in [-0.2, 0) is 9.47 Å². The molecule has 0 atom stereocenters. The minimum absolute atomic E-state index is 0.184. The van der Waals surface area contributed by atoms with Gasteiger partial charge in [-0.3, -0.25) is 4.90 Å². The Morgan fingerprint density at radius 3 is 2.14 bits per heavy atom. The Morgan fingerprint density at radius 1 is 1.21 bits per heavy atom. The van der Waals surface area contributed by atoms with E-state index in [-0.39, 0.29) is 12.9 Å². The SMILES string of the molecule is COC(CN(CCCO)C(C)C)OC. The van der Waals surface area contributed by atoms with E-state index >= 15 is 0 Å². The van der Waals surface area contributed by atoms with E-state index in [1.165, 1.54) is 0 Å². The van der Waals surface area contributed by atoms with Crippen LogP contribution in [0.25, 0.3) is 0 Å². The summed E-state index contributed by atoms with van der Waals surface area (Å²) in [5, 5.41) is 8.76. The van der Waals surface area contributed by atoms with Crippen molar-refractivity contribution in [3.8, 4) is 0 Å². The number of hydrogen-bond donors (Lipinski definition) is 1. The fraction of sp³-hybridized carbons (Fsp3) is 1.00. The standard InChI is InChI=1S/C10H23NO3/c1-9(2)11(6-5-7-12)8-10(13-3)14-4/h9-10,12H,5-8H2,1-4H3. The van der Waals surface area contributed by atoms with Crippen LogP contribution < -0.4 is 0 Å². The number of ether oxygens (including phenoxy) is 2. The fourth-order valence-corrected chi connectivity index (χ4v) is 1.27. The second kappa shape index (κ2) is 8.17. The first-order valence-electron chi connectivity index (χ1n) is 5.06. The van der Waals surface area contributed by atoms with Gasteiger partial charge in [0.15, 0.2) is 6.29 Å². The molecular weight excluding hydrogens is 182 g/mol. The van der Waals surface area contributed by atoms with Gasteiger partial charge in [-0.2, -0.15) is 0 Å². The minimum atomic E-state index is -0.184. The molecule has 0 aliphatic heterocycles. The minimum Gasteiger partial charge on any atom is -0.396 e. The van der Waals surface area contributed by atoms with Crippen molar-refractivity contribution >= 4 is 0 Å². The normalized spacial score (nSPS) is 12.0. The lowest BCUT2D eigenvalue weighted by Crippen LogP contribution is -2.39. The molecular formula is C10H23NO3. The van der Waals surface area contributed by atoms with Crippen LogP contribution >= 0.6 is 0 Å². The lowest BCUT2D eigenvalue weighted by Gasteiger charge is -2.29. The molecule has 0 aromatic carbocycles. The molecule has 0 radical (unpaired) electrons. The molecule has 0 bridgehead atoms. The number of rotatable bonds is 8. The Morgan fingerprint density at radius 2 is 1.79 bits per heavy atom. The van der Waals surface area contributed by atoms with Crippen molar-refractivity contribution in [2.45, 2.75) is 32.6 Å². The van der Waals surface area contributed by atoms with Crippen molar-refractivity contribution in [2.24, 2.45) is 0 Å². The highest BCUT2D eigenvalue weighted by atomic mass is 16.7. The molecule has 1 N–H and O–H groups in total. The first kappa shape index (κ1) is 13.8. The Hall–Kier alpha value is -0.160. The smallest absolute Gasteiger partial charge is 0.169 e. The Kier molecular flexibility index (Phi) is 8.08. The van der Waals surface area contributed by atoms with E-state index in [9.17, 15) is 0 Å². The number of aliphatic hydroxyl groups is 1. The van der Waals surface area contributed by atoms with E-state index in [4.69, 9.17) is 14.6 Å². The molecule has 0 unspecified atom stereocenters. The van der Waals surface area contributed by atoms with Crippen molar-refractivity contribution in [2.75, 3.05) is 33.9 Å². The highest BCUT2D eigenvalue weighted by Crippen LogP contribution is 2.03. The van der Waals surface area contributed by atoms with Crippen molar-refractivity contribution in [1.82, 2.24) is 4.90 Å². The van der Waals surface area contributed by atoms with Crippen LogP contribution in [0.5, 0.6) is 0 Å². The molecule has 0 aliphatic carbocycles. The molecule has 0 aromatic rings. The summed E-state index contributed by atoms with van der Waals surface area (Å²) in [6.07, 6.45) is 0.606. The van der Waals surface area contributed by atoms with Crippen molar-refractivity contribution in [3.05, 3.63) is 0 Å². The molecule has 4 heteroatoms. The lowest BCUT2D eigenvalue weighted by atomic mass is 10.3. The van der Waals surface area contributed by atoms with E-state index in [1.54, 1.807) is 14.2 Å². The van der Waals surface area contributed by atoms with Gasteiger partial charge in [0.25, 0.3) is 0 Å². The first-order chi connectivity index (χ1) is 6.65. The van der Waals surface area contributed by atoms with Gasteiger partial charge in [0.05, 0.1) is 0 Å². The predicted molar refractivity (Wildman–Crippen MR) is 56.2 cm³/mol. The summed E-state index contributed by atoms with van der Waals surface area (Å²) in [4.78, 5) is 2.23. The van der Waals surface area contributed by atoms with E-state index < -0.39 is 0 Å². The average Bonchev–Trinajstić information content (AvgIpc) is 2.18. The number of nitrogens with zero attached hydrogens (tertiary/aromatic N) is 1. The zero-order chi connectivity index (χ0) is 11.0.